The van der Waals surface area contributed by atoms with Crippen molar-refractivity contribution in [3.63, 3.8) is 0 Å². The number of fused-ring (bicyclic) bond motifs is 3. The minimum atomic E-state index is -0.0767. The lowest BCUT2D eigenvalue weighted by Crippen LogP contribution is -2.12. The number of aromatic nitrogens is 3. The number of rotatable bonds is 2. The van der Waals surface area contributed by atoms with E-state index in [1.807, 2.05) is 38.1 Å². The van der Waals surface area contributed by atoms with Crippen LogP contribution in [0, 0.1) is 13.8 Å². The molecule has 0 spiro atoms. The van der Waals surface area contributed by atoms with Crippen LogP contribution in [0.2, 0.25) is 0 Å². The van der Waals surface area contributed by atoms with Gasteiger partial charge < -0.3 is 9.84 Å². The molecule has 1 aromatic carbocycles. The molecule has 0 radical (unpaired) electrons. The molecule has 7 nitrogen and oxygen atoms in total. The highest BCUT2D eigenvalue weighted by molar-refractivity contribution is 5.99. The van der Waals surface area contributed by atoms with Gasteiger partial charge in [0.25, 0.3) is 0 Å². The van der Waals surface area contributed by atoms with Crippen LogP contribution in [0.3, 0.4) is 0 Å². The van der Waals surface area contributed by atoms with Gasteiger partial charge in [-0.15, -0.1) is 0 Å². The molecule has 1 aliphatic rings. The molecule has 4 rings (SSSR count). The average Bonchev–Trinajstić information content (AvgIpc) is 2.81. The van der Waals surface area contributed by atoms with E-state index in [2.05, 4.69) is 25.8 Å². The SMILES string of the molecule is Cc1noc(Nc2ncc3c(n2)-c2ccccc2NC(=O)C3)c1C. The van der Waals surface area contributed by atoms with Crippen LogP contribution in [0.4, 0.5) is 17.5 Å². The Labute approximate surface area is 138 Å². The number of amides is 1. The van der Waals surface area contributed by atoms with E-state index in [4.69, 9.17) is 4.52 Å². The zero-order valence-corrected chi connectivity index (χ0v) is 13.3. The van der Waals surface area contributed by atoms with Crippen LogP contribution in [0.1, 0.15) is 16.8 Å². The molecule has 0 fully saturated rings. The first-order chi connectivity index (χ1) is 11.6. The van der Waals surface area contributed by atoms with Gasteiger partial charge in [0.05, 0.1) is 23.5 Å². The van der Waals surface area contributed by atoms with E-state index < -0.39 is 0 Å². The Morgan fingerprint density at radius 1 is 1.25 bits per heavy atom. The van der Waals surface area contributed by atoms with Gasteiger partial charge in [0, 0.05) is 22.9 Å². The van der Waals surface area contributed by atoms with E-state index in [0.717, 1.165) is 33.8 Å². The summed E-state index contributed by atoms with van der Waals surface area (Å²) < 4.78 is 5.25. The fraction of sp³-hybridized carbons (Fsp3) is 0.176. The zero-order valence-electron chi connectivity index (χ0n) is 13.3. The second-order valence-electron chi connectivity index (χ2n) is 5.69. The lowest BCUT2D eigenvalue weighted by atomic mass is 10.1. The monoisotopic (exact) mass is 321 g/mol. The molecule has 3 aromatic rings. The van der Waals surface area contributed by atoms with Crippen molar-refractivity contribution in [2.24, 2.45) is 0 Å². The number of benzene rings is 1. The highest BCUT2D eigenvalue weighted by Gasteiger charge is 2.21. The van der Waals surface area contributed by atoms with Crippen molar-refractivity contribution in [3.05, 3.63) is 47.3 Å². The summed E-state index contributed by atoms with van der Waals surface area (Å²) in [7, 11) is 0. The molecule has 24 heavy (non-hydrogen) atoms. The van der Waals surface area contributed by atoms with Gasteiger partial charge in [-0.3, -0.25) is 10.1 Å². The Hall–Kier alpha value is -3.22. The molecule has 3 heterocycles. The number of carbonyl (C=O) groups excluding carboxylic acids is 1. The van der Waals surface area contributed by atoms with Crippen molar-refractivity contribution in [1.29, 1.82) is 0 Å². The summed E-state index contributed by atoms with van der Waals surface area (Å²) in [5, 5.41) is 9.86. The van der Waals surface area contributed by atoms with Crippen molar-refractivity contribution < 1.29 is 9.32 Å². The molecule has 0 atom stereocenters. The molecule has 120 valence electrons. The third kappa shape index (κ3) is 2.40. The highest BCUT2D eigenvalue weighted by atomic mass is 16.5. The minimum Gasteiger partial charge on any atom is -0.338 e. The van der Waals surface area contributed by atoms with Gasteiger partial charge >= 0.3 is 0 Å². The Bertz CT molecular complexity index is 948. The molecule has 7 heteroatoms. The Morgan fingerprint density at radius 2 is 2.08 bits per heavy atom. The molecular weight excluding hydrogens is 306 g/mol. The molecule has 0 saturated carbocycles. The summed E-state index contributed by atoms with van der Waals surface area (Å²) in [6.45, 7) is 3.78. The van der Waals surface area contributed by atoms with Gasteiger partial charge in [0.15, 0.2) is 0 Å². The van der Waals surface area contributed by atoms with Gasteiger partial charge in [-0.05, 0) is 19.9 Å². The number of hydrogen-bond acceptors (Lipinski definition) is 6. The number of nitrogens with one attached hydrogen (secondary N) is 2. The number of aryl methyl sites for hydroxylation is 1. The fourth-order valence-electron chi connectivity index (χ4n) is 2.63. The zero-order chi connectivity index (χ0) is 16.7. The highest BCUT2D eigenvalue weighted by Crippen LogP contribution is 2.33. The lowest BCUT2D eigenvalue weighted by molar-refractivity contribution is -0.115. The normalized spacial score (nSPS) is 12.8. The summed E-state index contributed by atoms with van der Waals surface area (Å²) in [5.41, 5.74) is 4.86. The van der Waals surface area contributed by atoms with Gasteiger partial charge in [0.2, 0.25) is 17.7 Å². The number of hydrogen-bond donors (Lipinski definition) is 2. The van der Waals surface area contributed by atoms with Crippen LogP contribution >= 0.6 is 0 Å². The summed E-state index contributed by atoms with van der Waals surface area (Å²) in [5.74, 6) is 0.841. The standard InChI is InChI=1S/C17H15N5O2/c1-9-10(2)22-24-16(9)21-17-18-8-11-7-14(23)19-13-6-4-3-5-12(13)15(11)20-17/h3-6,8H,7H2,1-2H3,(H,19,23)(H,18,20,21). The number of nitrogens with zero attached hydrogens (tertiary/aromatic N) is 3. The molecular formula is C17H15N5O2. The van der Waals surface area contributed by atoms with E-state index in [9.17, 15) is 4.79 Å². The molecule has 1 amide bonds. The van der Waals surface area contributed by atoms with Crippen LogP contribution < -0.4 is 10.6 Å². The van der Waals surface area contributed by atoms with Crippen LogP contribution in [0.25, 0.3) is 11.3 Å². The molecule has 2 N–H and O–H groups in total. The number of anilines is 3. The van der Waals surface area contributed by atoms with E-state index in [0.29, 0.717) is 11.8 Å². The van der Waals surface area contributed by atoms with E-state index in [1.165, 1.54) is 0 Å². The average molecular weight is 321 g/mol. The predicted octanol–water partition coefficient (Wildman–Crippen LogP) is 2.99. The van der Waals surface area contributed by atoms with Crippen LogP contribution in [-0.2, 0) is 11.2 Å². The minimum absolute atomic E-state index is 0.0767. The first-order valence-corrected chi connectivity index (χ1v) is 7.57. The maximum atomic E-state index is 12.0. The van der Waals surface area contributed by atoms with Gasteiger partial charge in [0.1, 0.15) is 0 Å². The summed E-state index contributed by atoms with van der Waals surface area (Å²) in [6, 6.07) is 7.59. The smallest absolute Gasteiger partial charge is 0.234 e. The van der Waals surface area contributed by atoms with Crippen molar-refractivity contribution in [1.82, 2.24) is 15.1 Å². The third-order valence-corrected chi connectivity index (χ3v) is 4.05. The van der Waals surface area contributed by atoms with Crippen molar-refractivity contribution >= 4 is 23.4 Å². The molecule has 2 aromatic heterocycles. The van der Waals surface area contributed by atoms with Crippen LogP contribution in [0.5, 0.6) is 0 Å². The summed E-state index contributed by atoms with van der Waals surface area (Å²) in [6.07, 6.45) is 1.91. The summed E-state index contributed by atoms with van der Waals surface area (Å²) in [4.78, 5) is 20.9. The number of para-hydroxylation sites is 1. The Morgan fingerprint density at radius 3 is 2.88 bits per heavy atom. The maximum Gasteiger partial charge on any atom is 0.234 e. The first-order valence-electron chi connectivity index (χ1n) is 7.57. The van der Waals surface area contributed by atoms with Crippen molar-refractivity contribution in [2.45, 2.75) is 20.3 Å². The van der Waals surface area contributed by atoms with Gasteiger partial charge in [-0.1, -0.05) is 23.4 Å². The Kier molecular flexibility index (Phi) is 3.26. The molecule has 0 bridgehead atoms. The topological polar surface area (TPSA) is 92.9 Å². The molecule has 0 aliphatic carbocycles. The molecule has 1 aliphatic heterocycles. The van der Waals surface area contributed by atoms with Crippen LogP contribution in [-0.4, -0.2) is 21.0 Å². The summed E-state index contributed by atoms with van der Waals surface area (Å²) >= 11 is 0. The second-order valence-corrected chi connectivity index (χ2v) is 5.69. The van der Waals surface area contributed by atoms with Crippen LogP contribution in [0.15, 0.2) is 35.0 Å². The first kappa shape index (κ1) is 14.4. The largest absolute Gasteiger partial charge is 0.338 e. The third-order valence-electron chi connectivity index (χ3n) is 4.05. The fourth-order valence-corrected chi connectivity index (χ4v) is 2.63. The maximum absolute atomic E-state index is 12.0. The lowest BCUT2D eigenvalue weighted by Gasteiger charge is -2.09. The van der Waals surface area contributed by atoms with Crippen molar-refractivity contribution in [2.75, 3.05) is 10.6 Å². The Balaban J connectivity index is 1.79. The number of carbonyl (C=O) groups is 1. The second kappa shape index (κ2) is 5.45. The quantitative estimate of drug-likeness (QED) is 0.754. The van der Waals surface area contributed by atoms with Gasteiger partial charge in [-0.2, -0.15) is 0 Å². The van der Waals surface area contributed by atoms with E-state index >= 15 is 0 Å². The van der Waals surface area contributed by atoms with Crippen molar-refractivity contribution in [3.8, 4) is 11.3 Å². The predicted molar refractivity (Wildman–Crippen MR) is 89.1 cm³/mol. The van der Waals surface area contributed by atoms with E-state index in [1.54, 1.807) is 6.20 Å². The molecule has 0 unspecified atom stereocenters. The van der Waals surface area contributed by atoms with Gasteiger partial charge in [-0.25, -0.2) is 9.97 Å². The van der Waals surface area contributed by atoms with E-state index in [-0.39, 0.29) is 12.3 Å². The molecule has 0 saturated heterocycles.